The lowest BCUT2D eigenvalue weighted by Crippen LogP contribution is -2.35. The normalized spacial score (nSPS) is 16.5. The second-order valence-electron chi connectivity index (χ2n) is 4.49. The number of nitrogen functional groups attached to an aromatic ring is 1. The molecule has 6 nitrogen and oxygen atoms in total. The van der Waals surface area contributed by atoms with Gasteiger partial charge in [-0.1, -0.05) is 0 Å². The zero-order valence-corrected chi connectivity index (χ0v) is 12.2. The van der Waals surface area contributed by atoms with E-state index in [9.17, 15) is 4.79 Å². The molecule has 0 unspecified atom stereocenters. The Kier molecular flexibility index (Phi) is 4.71. The Morgan fingerprint density at radius 1 is 1.42 bits per heavy atom. The molecule has 1 aliphatic rings. The van der Waals surface area contributed by atoms with Crippen molar-refractivity contribution in [1.82, 2.24) is 14.5 Å². The molecule has 0 amide bonds. The maximum atomic E-state index is 11.5. The van der Waals surface area contributed by atoms with Crippen molar-refractivity contribution in [3.63, 3.8) is 0 Å². The van der Waals surface area contributed by atoms with Crippen LogP contribution in [0.15, 0.2) is 0 Å². The number of ether oxygens (including phenoxy) is 1. The Morgan fingerprint density at radius 3 is 2.74 bits per heavy atom. The van der Waals surface area contributed by atoms with Crippen molar-refractivity contribution in [3.8, 4) is 0 Å². The highest BCUT2D eigenvalue weighted by Gasteiger charge is 2.19. The topological polar surface area (TPSA) is 73.4 Å². The molecule has 0 aromatic carbocycles. The third kappa shape index (κ3) is 3.22. The van der Waals surface area contributed by atoms with Gasteiger partial charge in [-0.15, -0.1) is 0 Å². The minimum Gasteiger partial charge on any atom is -0.464 e. The smallest absolute Gasteiger partial charge is 0.360 e. The largest absolute Gasteiger partial charge is 0.464 e. The van der Waals surface area contributed by atoms with Gasteiger partial charge in [-0.05, 0) is 6.92 Å². The number of rotatable bonds is 4. The number of carbonyl (C=O) groups is 1. The fraction of sp³-hybridized carbons (Fsp3) is 0.667. The number of carbonyl (C=O) groups excluding carboxylic acids is 1. The zero-order chi connectivity index (χ0) is 13.8. The first-order chi connectivity index (χ1) is 9.13. The molecule has 0 radical (unpaired) electrons. The molecule has 1 fully saturated rings. The van der Waals surface area contributed by atoms with Gasteiger partial charge < -0.3 is 15.0 Å². The monoisotopic (exact) mass is 284 g/mol. The number of hydrogen-bond donors (Lipinski definition) is 1. The number of hydrogen-bond acceptors (Lipinski definition) is 6. The molecule has 0 bridgehead atoms. The number of aryl methyl sites for hydroxylation is 1. The number of aromatic nitrogens is 2. The predicted molar refractivity (Wildman–Crippen MR) is 76.5 cm³/mol. The molecule has 1 saturated heterocycles. The second-order valence-corrected chi connectivity index (χ2v) is 5.71. The van der Waals surface area contributed by atoms with Crippen molar-refractivity contribution in [2.45, 2.75) is 13.5 Å². The highest BCUT2D eigenvalue weighted by atomic mass is 32.2. The molecule has 1 aromatic rings. The van der Waals surface area contributed by atoms with E-state index in [1.54, 1.807) is 0 Å². The molecule has 0 aliphatic carbocycles. The lowest BCUT2D eigenvalue weighted by molar-refractivity contribution is 0.0595. The van der Waals surface area contributed by atoms with E-state index in [1.165, 1.54) is 18.6 Å². The Bertz CT molecular complexity index is 455. The molecular formula is C12H20N4O2S. The minimum atomic E-state index is -0.478. The van der Waals surface area contributed by atoms with Crippen LogP contribution in [0.25, 0.3) is 0 Å². The van der Waals surface area contributed by atoms with Crippen LogP contribution in [-0.4, -0.2) is 58.7 Å². The number of methoxy groups -OCH3 is 1. The lowest BCUT2D eigenvalue weighted by atomic mass is 10.4. The maximum Gasteiger partial charge on any atom is 0.360 e. The van der Waals surface area contributed by atoms with Crippen molar-refractivity contribution in [3.05, 3.63) is 11.5 Å². The van der Waals surface area contributed by atoms with Crippen LogP contribution in [0, 0.1) is 6.92 Å². The van der Waals surface area contributed by atoms with E-state index in [0.717, 1.165) is 32.0 Å². The summed E-state index contributed by atoms with van der Waals surface area (Å²) in [7, 11) is 1.33. The molecule has 1 aliphatic heterocycles. The van der Waals surface area contributed by atoms with Crippen LogP contribution in [0.3, 0.4) is 0 Å². The molecule has 106 valence electrons. The van der Waals surface area contributed by atoms with Gasteiger partial charge in [0.05, 0.1) is 7.11 Å². The van der Waals surface area contributed by atoms with E-state index >= 15 is 0 Å². The molecule has 1 aromatic heterocycles. The molecule has 2 rings (SSSR count). The van der Waals surface area contributed by atoms with Crippen LogP contribution in [0.5, 0.6) is 0 Å². The SMILES string of the molecule is COC(=O)c1nc(C)n(CCN2CCSCC2)c1N. The van der Waals surface area contributed by atoms with Gasteiger partial charge in [0.25, 0.3) is 0 Å². The molecule has 19 heavy (non-hydrogen) atoms. The van der Waals surface area contributed by atoms with Gasteiger partial charge in [0.2, 0.25) is 0 Å². The van der Waals surface area contributed by atoms with Crippen molar-refractivity contribution < 1.29 is 9.53 Å². The van der Waals surface area contributed by atoms with E-state index in [0.29, 0.717) is 5.82 Å². The van der Waals surface area contributed by atoms with Crippen LogP contribution >= 0.6 is 11.8 Å². The number of nitrogens with two attached hydrogens (primary N) is 1. The summed E-state index contributed by atoms with van der Waals surface area (Å²) < 4.78 is 6.55. The number of imidazole rings is 1. The van der Waals surface area contributed by atoms with Gasteiger partial charge in [-0.25, -0.2) is 9.78 Å². The highest BCUT2D eigenvalue weighted by Crippen LogP contribution is 2.16. The molecule has 0 spiro atoms. The first-order valence-electron chi connectivity index (χ1n) is 6.34. The lowest BCUT2D eigenvalue weighted by Gasteiger charge is -2.26. The summed E-state index contributed by atoms with van der Waals surface area (Å²) in [6.07, 6.45) is 0. The summed E-state index contributed by atoms with van der Waals surface area (Å²) in [5.41, 5.74) is 6.19. The highest BCUT2D eigenvalue weighted by molar-refractivity contribution is 7.99. The molecule has 0 saturated carbocycles. The number of anilines is 1. The molecular weight excluding hydrogens is 264 g/mol. The van der Waals surface area contributed by atoms with E-state index in [1.807, 2.05) is 23.3 Å². The first kappa shape index (κ1) is 14.2. The molecule has 2 N–H and O–H groups in total. The Labute approximate surface area is 117 Å². The third-order valence-electron chi connectivity index (χ3n) is 3.32. The van der Waals surface area contributed by atoms with Gasteiger partial charge in [-0.2, -0.15) is 11.8 Å². The molecule has 0 atom stereocenters. The summed E-state index contributed by atoms with van der Waals surface area (Å²) >= 11 is 1.99. The van der Waals surface area contributed by atoms with Gasteiger partial charge in [0, 0.05) is 37.7 Å². The van der Waals surface area contributed by atoms with E-state index < -0.39 is 5.97 Å². The zero-order valence-electron chi connectivity index (χ0n) is 11.4. The van der Waals surface area contributed by atoms with Crippen molar-refractivity contribution in [1.29, 1.82) is 0 Å². The Balaban J connectivity index is 2.03. The summed E-state index contributed by atoms with van der Waals surface area (Å²) in [6.45, 7) is 5.77. The fourth-order valence-corrected chi connectivity index (χ4v) is 3.16. The van der Waals surface area contributed by atoms with E-state index in [2.05, 4.69) is 14.6 Å². The van der Waals surface area contributed by atoms with Crippen molar-refractivity contribution in [2.24, 2.45) is 0 Å². The second kappa shape index (κ2) is 6.29. The number of esters is 1. The average molecular weight is 284 g/mol. The standard InChI is InChI=1S/C12H20N4O2S/c1-9-14-10(12(17)18-2)11(13)16(9)4-3-15-5-7-19-8-6-15/h3-8,13H2,1-2H3. The fourth-order valence-electron chi connectivity index (χ4n) is 2.18. The summed E-state index contributed by atoms with van der Waals surface area (Å²) in [4.78, 5) is 18.1. The minimum absolute atomic E-state index is 0.217. The van der Waals surface area contributed by atoms with Crippen LogP contribution in [-0.2, 0) is 11.3 Å². The van der Waals surface area contributed by atoms with Gasteiger partial charge in [-0.3, -0.25) is 4.90 Å². The molecule has 7 heteroatoms. The first-order valence-corrected chi connectivity index (χ1v) is 7.50. The van der Waals surface area contributed by atoms with Crippen LogP contribution < -0.4 is 5.73 Å². The Morgan fingerprint density at radius 2 is 2.11 bits per heavy atom. The number of nitrogens with zero attached hydrogens (tertiary/aromatic N) is 3. The van der Waals surface area contributed by atoms with Crippen LogP contribution in [0.2, 0.25) is 0 Å². The summed E-state index contributed by atoms with van der Waals surface area (Å²) in [6, 6.07) is 0. The van der Waals surface area contributed by atoms with Crippen LogP contribution in [0.4, 0.5) is 5.82 Å². The predicted octanol–water partition coefficient (Wildman–Crippen LogP) is 0.609. The quantitative estimate of drug-likeness (QED) is 0.817. The Hall–Kier alpha value is -1.21. The van der Waals surface area contributed by atoms with Gasteiger partial charge in [0.15, 0.2) is 5.69 Å². The summed E-state index contributed by atoms with van der Waals surface area (Å²) in [5, 5.41) is 0. The van der Waals surface area contributed by atoms with Crippen molar-refractivity contribution in [2.75, 3.05) is 44.0 Å². The maximum absolute atomic E-state index is 11.5. The average Bonchev–Trinajstić information content (AvgIpc) is 2.72. The van der Waals surface area contributed by atoms with Crippen LogP contribution in [0.1, 0.15) is 16.3 Å². The summed E-state index contributed by atoms with van der Waals surface area (Å²) in [5.74, 6) is 3.05. The third-order valence-corrected chi connectivity index (χ3v) is 4.26. The van der Waals surface area contributed by atoms with Crippen molar-refractivity contribution >= 4 is 23.5 Å². The number of thioether (sulfide) groups is 1. The van der Waals surface area contributed by atoms with E-state index in [4.69, 9.17) is 5.73 Å². The van der Waals surface area contributed by atoms with E-state index in [-0.39, 0.29) is 5.69 Å². The molecule has 2 heterocycles. The van der Waals surface area contributed by atoms with Gasteiger partial charge in [0.1, 0.15) is 11.6 Å². The van der Waals surface area contributed by atoms with Gasteiger partial charge >= 0.3 is 5.97 Å².